The number of piperidine rings is 1. The number of benzene rings is 2. The van der Waals surface area contributed by atoms with Gasteiger partial charge in [-0.05, 0) is 77.8 Å². The van der Waals surface area contributed by atoms with Gasteiger partial charge in [-0.25, -0.2) is 17.9 Å². The summed E-state index contributed by atoms with van der Waals surface area (Å²) in [5, 5.41) is 17.5. The number of amides is 1. The van der Waals surface area contributed by atoms with Crippen LogP contribution < -0.4 is 4.72 Å². The first-order valence-corrected chi connectivity index (χ1v) is 17.1. The molecule has 3 N–H and O–H groups in total. The number of Topliss-reactive ketones (excluding diaryl/α,β-unsaturated/α-hetero) is 1. The van der Waals surface area contributed by atoms with Crippen LogP contribution in [0.4, 0.5) is 4.79 Å². The molecular weight excluding hydrogens is 774 g/mol. The predicted octanol–water partition coefficient (Wildman–Crippen LogP) is 6.19. The van der Waals surface area contributed by atoms with Crippen molar-refractivity contribution in [3.05, 3.63) is 71.6 Å². The van der Waals surface area contributed by atoms with Crippen molar-refractivity contribution in [3.63, 3.8) is 0 Å². The Morgan fingerprint density at radius 2 is 1.57 bits per heavy atom. The van der Waals surface area contributed by atoms with Crippen LogP contribution in [0.3, 0.4) is 0 Å². The molecule has 0 spiro atoms. The molecule has 2 aromatic carbocycles. The molecule has 11 heteroatoms. The largest absolute Gasteiger partial charge is 0.450 e. The molecule has 3 rings (SSSR count). The smallest absolute Gasteiger partial charge is 0.409 e. The van der Waals surface area contributed by atoms with E-state index >= 15 is 0 Å². The molecule has 46 heavy (non-hydrogen) atoms. The Kier molecular flexibility index (Phi) is 16.5. The van der Waals surface area contributed by atoms with Crippen LogP contribution in [0.5, 0.6) is 0 Å². The molecule has 0 bridgehead atoms. The number of likely N-dealkylation sites (tertiary alicyclic amines) is 1. The summed E-state index contributed by atoms with van der Waals surface area (Å²) in [6, 6.07) is 9.83. The summed E-state index contributed by atoms with van der Waals surface area (Å²) in [6.07, 6.45) is 0.484. The molecule has 0 radical (unpaired) electrons. The Morgan fingerprint density at radius 3 is 2.04 bits per heavy atom. The second-order valence-electron chi connectivity index (χ2n) is 12.6. The van der Waals surface area contributed by atoms with Gasteiger partial charge in [0.2, 0.25) is 10.0 Å². The third-order valence-corrected chi connectivity index (χ3v) is 9.89. The zero-order chi connectivity index (χ0) is 32.8. The molecule has 1 amide bonds. The van der Waals surface area contributed by atoms with Crippen molar-refractivity contribution in [1.29, 1.82) is 5.41 Å². The van der Waals surface area contributed by atoms with E-state index in [1.54, 1.807) is 36.1 Å². The minimum atomic E-state index is -4.16. The third kappa shape index (κ3) is 10.3. The summed E-state index contributed by atoms with van der Waals surface area (Å²) < 4.78 is 36.7. The van der Waals surface area contributed by atoms with E-state index in [0.29, 0.717) is 37.1 Å². The van der Waals surface area contributed by atoms with Crippen molar-refractivity contribution in [1.82, 2.24) is 9.62 Å². The van der Waals surface area contributed by atoms with Crippen molar-refractivity contribution < 1.29 is 48.9 Å². The van der Waals surface area contributed by atoms with E-state index in [-0.39, 0.29) is 75.7 Å². The Balaban J connectivity index is 0.00000529. The second kappa shape index (κ2) is 18.2. The number of aliphatic hydroxyl groups is 1. The molecule has 9 nitrogen and oxygen atoms in total. The normalized spacial score (nSPS) is 14.5. The van der Waals surface area contributed by atoms with E-state index in [0.717, 1.165) is 16.7 Å². The number of aliphatic hydroxyl groups excluding tert-OH is 1. The number of ketones is 1. The van der Waals surface area contributed by atoms with Gasteiger partial charge in [0, 0.05) is 40.1 Å². The summed E-state index contributed by atoms with van der Waals surface area (Å²) in [6.45, 7) is 14.4. The number of hydrogen-bond donors (Lipinski definition) is 3. The number of carbonyl (C=O) groups is 2. The van der Waals surface area contributed by atoms with Gasteiger partial charge in [0.15, 0.2) is 5.78 Å². The Labute approximate surface area is 290 Å². The maximum atomic E-state index is 14.4. The van der Waals surface area contributed by atoms with Gasteiger partial charge < -0.3 is 27.6 Å². The average Bonchev–Trinajstić information content (AvgIpc) is 2.99. The Hall–Kier alpha value is -2.39. The van der Waals surface area contributed by atoms with Crippen molar-refractivity contribution in [2.24, 2.45) is 5.92 Å². The average molecular weight is 827 g/mol. The fourth-order valence-electron chi connectivity index (χ4n) is 5.71. The molecule has 1 aliphatic rings. The molecule has 1 fully saturated rings. The third-order valence-electron chi connectivity index (χ3n) is 8.29. The van der Waals surface area contributed by atoms with Gasteiger partial charge in [0.25, 0.3) is 0 Å². The first-order chi connectivity index (χ1) is 20.7. The van der Waals surface area contributed by atoms with Crippen LogP contribution in [-0.4, -0.2) is 68.4 Å². The number of nitrogens with one attached hydrogen (secondary N) is 2. The van der Waals surface area contributed by atoms with E-state index in [2.05, 4.69) is 18.6 Å². The molecular formula is C35H52N3O6SW-. The van der Waals surface area contributed by atoms with Crippen LogP contribution in [-0.2, 0) is 47.0 Å². The monoisotopic (exact) mass is 826 g/mol. The van der Waals surface area contributed by atoms with Crippen LogP contribution in [0.15, 0.2) is 41.3 Å². The maximum Gasteiger partial charge on any atom is 0.409 e. The summed E-state index contributed by atoms with van der Waals surface area (Å²) in [5.74, 6) is -0.587. The standard InChI is InChI=1S/C34H49N3O6S.CH3.W/c1-8-43-34(40)37-14-12-25(13-15-37)32(39)31(17-24-10-9-11-26(16-24)30(35)20-38)36-44(41,42)33-28(22(4)5)18-27(21(2)3)19-29(33)23(6)7;;/h9-11,16,18-19,21-23,25,31,35-36,38H,8,12-15,17,20H2,1-7H3;1H3;/q;-1;/t31-;;/m0../s1. The number of carbonyl (C=O) groups excluding carboxylic acids is 2. The molecule has 2 aromatic rings. The SMILES string of the molecule is CCOC(=O)N1CCC(C(=O)[C@H](Cc2cccc(C(=N)CO)c2)NS(=O)(=O)c2c(C(C)C)cc(C(C)C)cc2C(C)C)CC1.[CH3-].[W]. The van der Waals surface area contributed by atoms with Gasteiger partial charge in [-0.2, -0.15) is 0 Å². The zero-order valence-corrected chi connectivity index (χ0v) is 32.3. The van der Waals surface area contributed by atoms with E-state index in [4.69, 9.17) is 10.1 Å². The van der Waals surface area contributed by atoms with Gasteiger partial charge in [-0.3, -0.25) is 4.79 Å². The number of rotatable bonds is 13. The molecule has 0 unspecified atom stereocenters. The van der Waals surface area contributed by atoms with Gasteiger partial charge >= 0.3 is 6.09 Å². The molecule has 1 saturated heterocycles. The molecule has 1 atom stereocenters. The second-order valence-corrected chi connectivity index (χ2v) is 14.2. The number of ether oxygens (including phenoxy) is 1. The zero-order valence-electron chi connectivity index (χ0n) is 28.6. The van der Waals surface area contributed by atoms with Gasteiger partial charge in [0.1, 0.15) is 0 Å². The molecule has 1 aliphatic heterocycles. The van der Waals surface area contributed by atoms with Crippen LogP contribution in [0, 0.1) is 18.8 Å². The minimum Gasteiger partial charge on any atom is -0.450 e. The minimum absolute atomic E-state index is 0. The topological polar surface area (TPSA) is 137 Å². The predicted molar refractivity (Wildman–Crippen MR) is 180 cm³/mol. The van der Waals surface area contributed by atoms with E-state index < -0.39 is 34.7 Å². The Morgan fingerprint density at radius 1 is 1.00 bits per heavy atom. The Bertz CT molecular complexity index is 1420. The fraction of sp³-hybridized carbons (Fsp3) is 0.543. The van der Waals surface area contributed by atoms with Gasteiger partial charge in [-0.15, -0.1) is 0 Å². The summed E-state index contributed by atoms with van der Waals surface area (Å²) in [4.78, 5) is 28.2. The number of nitrogens with zero attached hydrogens (tertiary/aromatic N) is 1. The fourth-order valence-corrected chi connectivity index (χ4v) is 7.61. The van der Waals surface area contributed by atoms with Gasteiger partial charge in [0.05, 0.1) is 29.9 Å². The molecule has 0 aromatic heterocycles. The first-order valence-electron chi connectivity index (χ1n) is 15.6. The van der Waals surface area contributed by atoms with Crippen LogP contribution >= 0.6 is 0 Å². The molecule has 256 valence electrons. The van der Waals surface area contributed by atoms with Crippen molar-refractivity contribution in [2.45, 2.75) is 96.4 Å². The van der Waals surface area contributed by atoms with Crippen LogP contribution in [0.1, 0.15) is 107 Å². The summed E-state index contributed by atoms with van der Waals surface area (Å²) in [5.41, 5.74) is 3.74. The van der Waals surface area contributed by atoms with Crippen molar-refractivity contribution in [3.8, 4) is 0 Å². The van der Waals surface area contributed by atoms with Gasteiger partial charge in [-0.1, -0.05) is 71.9 Å². The van der Waals surface area contributed by atoms with E-state index in [1.807, 2.05) is 39.8 Å². The van der Waals surface area contributed by atoms with Crippen molar-refractivity contribution in [2.75, 3.05) is 26.3 Å². The maximum absolute atomic E-state index is 14.4. The quantitative estimate of drug-likeness (QED) is 0.163. The van der Waals surface area contributed by atoms with Crippen molar-refractivity contribution >= 4 is 27.6 Å². The molecule has 0 aliphatic carbocycles. The summed E-state index contributed by atoms with van der Waals surface area (Å²) >= 11 is 0. The van der Waals surface area contributed by atoms with E-state index in [1.165, 1.54) is 0 Å². The molecule has 0 saturated carbocycles. The molecule has 1 heterocycles. The number of sulfonamides is 1. The van der Waals surface area contributed by atoms with Crippen LogP contribution in [0.2, 0.25) is 0 Å². The van der Waals surface area contributed by atoms with Crippen LogP contribution in [0.25, 0.3) is 0 Å². The summed E-state index contributed by atoms with van der Waals surface area (Å²) in [7, 11) is -4.16. The first kappa shape index (κ1) is 41.6. The van der Waals surface area contributed by atoms with E-state index in [9.17, 15) is 23.1 Å². The number of hydrogen-bond acceptors (Lipinski definition) is 7.